The molecule has 0 aromatic rings. The molecule has 4 rings (SSSR count). The number of fused-ring (bicyclic) bond motifs is 1. The quantitative estimate of drug-likeness (QED) is 0.580. The summed E-state index contributed by atoms with van der Waals surface area (Å²) < 4.78 is 28.7. The average molecular weight is 455 g/mol. The molecule has 0 bridgehead atoms. The lowest BCUT2D eigenvalue weighted by molar-refractivity contribution is -0.140. The molecular weight excluding hydrogens is 424 g/mol. The molecule has 0 spiro atoms. The minimum atomic E-state index is -3.52. The first-order chi connectivity index (χ1) is 14.1. The summed E-state index contributed by atoms with van der Waals surface area (Å²) in [5.74, 6) is 1.75. The molecule has 4 fully saturated rings. The van der Waals surface area contributed by atoms with Gasteiger partial charge >= 0.3 is 6.03 Å². The van der Waals surface area contributed by atoms with Gasteiger partial charge in [-0.05, 0) is 46.0 Å². The summed E-state index contributed by atoms with van der Waals surface area (Å²) in [5, 5.41) is 3.09. The van der Waals surface area contributed by atoms with Gasteiger partial charge in [0.1, 0.15) is 0 Å². The normalized spacial score (nSPS) is 35.8. The molecule has 2 aliphatic heterocycles. The van der Waals surface area contributed by atoms with E-state index in [1.807, 2.05) is 6.92 Å². The van der Waals surface area contributed by atoms with Gasteiger partial charge in [0.15, 0.2) is 0 Å². The summed E-state index contributed by atoms with van der Waals surface area (Å²) in [6.45, 7) is 5.13. The lowest BCUT2D eigenvalue weighted by Crippen LogP contribution is -2.65. The molecule has 3 amide bonds. The smallest absolute Gasteiger partial charge is 0.309 e. The van der Waals surface area contributed by atoms with E-state index in [-0.39, 0.29) is 47.1 Å². The van der Waals surface area contributed by atoms with Crippen LogP contribution in [0.2, 0.25) is 0 Å². The van der Waals surface area contributed by atoms with E-state index >= 15 is 0 Å². The molecule has 30 heavy (non-hydrogen) atoms. The van der Waals surface area contributed by atoms with Crippen LogP contribution in [0.5, 0.6) is 0 Å². The summed E-state index contributed by atoms with van der Waals surface area (Å²) in [4.78, 5) is 29.3. The Balaban J connectivity index is 1.53. The van der Waals surface area contributed by atoms with Crippen molar-refractivity contribution >= 4 is 33.7 Å². The van der Waals surface area contributed by atoms with Crippen LogP contribution in [0.3, 0.4) is 0 Å². The number of urea groups is 1. The fourth-order valence-corrected chi connectivity index (χ4v) is 7.95. The van der Waals surface area contributed by atoms with E-state index < -0.39 is 21.2 Å². The maximum absolute atomic E-state index is 13.3. The van der Waals surface area contributed by atoms with Crippen molar-refractivity contribution in [1.82, 2.24) is 19.8 Å². The van der Waals surface area contributed by atoms with E-state index in [9.17, 15) is 18.0 Å². The van der Waals surface area contributed by atoms with Crippen LogP contribution in [0.4, 0.5) is 4.79 Å². The van der Waals surface area contributed by atoms with Gasteiger partial charge in [0.05, 0.1) is 23.1 Å². The Kier molecular flexibility index (Phi) is 5.85. The molecule has 5 atom stereocenters. The Morgan fingerprint density at radius 2 is 2.07 bits per heavy atom. The Labute approximate surface area is 182 Å². The van der Waals surface area contributed by atoms with Crippen molar-refractivity contribution in [3.63, 3.8) is 0 Å². The predicted octanol–water partition coefficient (Wildman–Crippen LogP) is 0.944. The fourth-order valence-electron chi connectivity index (χ4n) is 4.79. The predicted molar refractivity (Wildman–Crippen MR) is 116 cm³/mol. The second-order valence-corrected chi connectivity index (χ2v) is 12.8. The first kappa shape index (κ1) is 21.9. The highest BCUT2D eigenvalue weighted by molar-refractivity contribution is 8.00. The molecule has 5 unspecified atom stereocenters. The van der Waals surface area contributed by atoms with E-state index in [1.54, 1.807) is 16.7 Å². The summed E-state index contributed by atoms with van der Waals surface area (Å²) in [6, 6.07) is -0.669. The molecule has 2 saturated carbocycles. The van der Waals surface area contributed by atoms with E-state index in [0.29, 0.717) is 19.4 Å². The fraction of sp³-hybridized carbons (Fsp3) is 0.800. The highest BCUT2D eigenvalue weighted by atomic mass is 32.2. The standard InChI is InChI=1S/C20H30N4O4S2/c1-4-9-23-17-6-5-15(30(27,28)22-20(3)7-8-20)10-16(17)18(25)24(19(23)26)12-14-11-21-13(2)29-14/h1,13-17,21-22H,5-12H2,2-3H3. The van der Waals surface area contributed by atoms with E-state index in [4.69, 9.17) is 6.42 Å². The first-order valence-electron chi connectivity index (χ1n) is 10.6. The molecule has 4 aliphatic rings. The number of hydrogen-bond acceptors (Lipinski definition) is 6. The SMILES string of the molecule is C#CCN1C(=O)N(CC2CNC(C)S2)C(=O)C2CC(S(=O)(=O)NC3(C)CC3)CCC21. The third kappa shape index (κ3) is 4.22. The van der Waals surface area contributed by atoms with Gasteiger partial charge in [0.2, 0.25) is 15.9 Å². The van der Waals surface area contributed by atoms with Crippen LogP contribution in [0, 0.1) is 18.3 Å². The summed E-state index contributed by atoms with van der Waals surface area (Å²) in [6.07, 6.45) is 8.31. The van der Waals surface area contributed by atoms with Crippen LogP contribution in [0.1, 0.15) is 46.0 Å². The van der Waals surface area contributed by atoms with E-state index in [2.05, 4.69) is 22.9 Å². The number of nitrogens with zero attached hydrogens (tertiary/aromatic N) is 2. The van der Waals surface area contributed by atoms with Gasteiger partial charge in [0, 0.05) is 29.9 Å². The number of imide groups is 1. The average Bonchev–Trinajstić information content (AvgIpc) is 3.26. The molecule has 0 aromatic carbocycles. The highest BCUT2D eigenvalue weighted by Gasteiger charge is 2.52. The number of sulfonamides is 1. The third-order valence-electron chi connectivity index (χ3n) is 6.73. The molecule has 0 radical (unpaired) electrons. The van der Waals surface area contributed by atoms with Gasteiger partial charge in [-0.25, -0.2) is 17.9 Å². The van der Waals surface area contributed by atoms with Gasteiger partial charge in [-0.15, -0.1) is 18.2 Å². The number of carbonyl (C=O) groups is 2. The zero-order chi connectivity index (χ0) is 21.7. The second-order valence-electron chi connectivity index (χ2n) is 9.19. The summed E-state index contributed by atoms with van der Waals surface area (Å²) in [7, 11) is -3.52. The van der Waals surface area contributed by atoms with Crippen LogP contribution in [0.25, 0.3) is 0 Å². The molecule has 2 saturated heterocycles. The Morgan fingerprint density at radius 1 is 1.33 bits per heavy atom. The molecular formula is C20H30N4O4S2. The second kappa shape index (κ2) is 8.01. The Morgan fingerprint density at radius 3 is 2.67 bits per heavy atom. The summed E-state index contributed by atoms with van der Waals surface area (Å²) in [5.41, 5.74) is -0.340. The maximum atomic E-state index is 13.3. The van der Waals surface area contributed by atoms with E-state index in [0.717, 1.165) is 19.4 Å². The monoisotopic (exact) mass is 454 g/mol. The number of hydrogen-bond donors (Lipinski definition) is 2. The van der Waals surface area contributed by atoms with Crippen molar-refractivity contribution in [1.29, 1.82) is 0 Å². The lowest BCUT2D eigenvalue weighted by atomic mass is 9.80. The van der Waals surface area contributed by atoms with Gasteiger partial charge in [-0.2, -0.15) is 0 Å². The topological polar surface area (TPSA) is 98.8 Å². The maximum Gasteiger partial charge on any atom is 0.327 e. The molecule has 166 valence electrons. The Bertz CT molecular complexity index is 867. The molecule has 2 N–H and O–H groups in total. The number of carbonyl (C=O) groups excluding carboxylic acids is 2. The van der Waals surface area contributed by atoms with Crippen LogP contribution in [0.15, 0.2) is 0 Å². The van der Waals surface area contributed by atoms with Crippen molar-refractivity contribution in [3.8, 4) is 12.3 Å². The zero-order valence-corrected chi connectivity index (χ0v) is 19.1. The van der Waals surface area contributed by atoms with Crippen molar-refractivity contribution < 1.29 is 18.0 Å². The van der Waals surface area contributed by atoms with Crippen LogP contribution in [-0.2, 0) is 14.8 Å². The minimum Gasteiger partial charge on any atom is -0.309 e. The van der Waals surface area contributed by atoms with Crippen molar-refractivity contribution in [3.05, 3.63) is 0 Å². The van der Waals surface area contributed by atoms with Crippen LogP contribution in [-0.4, -0.2) is 77.2 Å². The van der Waals surface area contributed by atoms with Gasteiger partial charge in [-0.3, -0.25) is 9.69 Å². The van der Waals surface area contributed by atoms with Crippen molar-refractivity contribution in [2.24, 2.45) is 5.92 Å². The zero-order valence-electron chi connectivity index (χ0n) is 17.5. The number of amides is 3. The number of rotatable bonds is 6. The first-order valence-corrected chi connectivity index (χ1v) is 13.1. The van der Waals surface area contributed by atoms with E-state index in [1.165, 1.54) is 4.90 Å². The molecule has 0 aromatic heterocycles. The number of thioether (sulfide) groups is 1. The minimum absolute atomic E-state index is 0.122. The Hall–Kier alpha value is -1.28. The summed E-state index contributed by atoms with van der Waals surface area (Å²) >= 11 is 1.70. The van der Waals surface area contributed by atoms with Crippen molar-refractivity contribution in [2.45, 2.75) is 73.4 Å². The van der Waals surface area contributed by atoms with Crippen LogP contribution >= 0.6 is 11.8 Å². The third-order valence-corrected chi connectivity index (χ3v) is 10.1. The number of nitrogens with one attached hydrogen (secondary N) is 2. The van der Waals surface area contributed by atoms with Crippen LogP contribution < -0.4 is 10.0 Å². The molecule has 2 aliphatic carbocycles. The largest absolute Gasteiger partial charge is 0.327 e. The van der Waals surface area contributed by atoms with Crippen molar-refractivity contribution in [2.75, 3.05) is 19.6 Å². The van der Waals surface area contributed by atoms with Gasteiger partial charge in [-0.1, -0.05) is 5.92 Å². The lowest BCUT2D eigenvalue weighted by Gasteiger charge is -2.48. The molecule has 8 nitrogen and oxygen atoms in total. The van der Waals surface area contributed by atoms with Gasteiger partial charge in [0.25, 0.3) is 0 Å². The number of terminal acetylenes is 1. The molecule has 2 heterocycles. The highest BCUT2D eigenvalue weighted by Crippen LogP contribution is 2.40. The molecule has 10 heteroatoms. The van der Waals surface area contributed by atoms with Gasteiger partial charge < -0.3 is 10.2 Å².